The number of nitrogens with zero attached hydrogens (tertiary/aromatic N) is 3. The average Bonchev–Trinajstić information content (AvgIpc) is 2.39. The molecule has 0 aliphatic carbocycles. The van der Waals surface area contributed by atoms with Crippen molar-refractivity contribution in [2.75, 3.05) is 6.61 Å². The zero-order valence-electron chi connectivity index (χ0n) is 10.1. The summed E-state index contributed by atoms with van der Waals surface area (Å²) in [7, 11) is 0. The van der Waals surface area contributed by atoms with Crippen LogP contribution in [0.2, 0.25) is 5.15 Å². The number of rotatable bonds is 5. The molecule has 2 heterocycles. The van der Waals surface area contributed by atoms with Crippen molar-refractivity contribution in [3.05, 3.63) is 47.1 Å². The van der Waals surface area contributed by atoms with Crippen molar-refractivity contribution in [3.63, 3.8) is 0 Å². The lowest BCUT2D eigenvalue weighted by Gasteiger charge is -2.06. The molecule has 2 aromatic heterocycles. The summed E-state index contributed by atoms with van der Waals surface area (Å²) in [5.74, 6) is 1.21. The normalized spacial score (nSPS) is 10.3. The van der Waals surface area contributed by atoms with Gasteiger partial charge in [0.15, 0.2) is 0 Å². The van der Waals surface area contributed by atoms with Crippen molar-refractivity contribution < 1.29 is 4.74 Å². The lowest BCUT2D eigenvalue weighted by atomic mass is 10.3. The molecule has 18 heavy (non-hydrogen) atoms. The molecule has 2 rings (SSSR count). The first kappa shape index (κ1) is 12.8. The van der Waals surface area contributed by atoms with Crippen LogP contribution in [-0.4, -0.2) is 21.6 Å². The van der Waals surface area contributed by atoms with Gasteiger partial charge in [-0.05, 0) is 12.1 Å². The lowest BCUT2D eigenvalue weighted by Crippen LogP contribution is -2.05. The molecular weight excluding hydrogens is 250 g/mol. The van der Waals surface area contributed by atoms with Crippen LogP contribution in [0.25, 0.3) is 0 Å². The van der Waals surface area contributed by atoms with Crippen molar-refractivity contribution in [3.8, 4) is 5.88 Å². The largest absolute Gasteiger partial charge is 0.477 e. The Hall–Kier alpha value is -1.68. The van der Waals surface area contributed by atoms with E-state index in [4.69, 9.17) is 16.3 Å². The van der Waals surface area contributed by atoms with Gasteiger partial charge in [-0.25, -0.2) is 4.98 Å². The van der Waals surface area contributed by atoms with Crippen LogP contribution in [0.1, 0.15) is 18.4 Å². The van der Waals surface area contributed by atoms with Crippen LogP contribution < -0.4 is 4.74 Å². The minimum atomic E-state index is 0.412. The van der Waals surface area contributed by atoms with Crippen molar-refractivity contribution in [1.29, 1.82) is 0 Å². The monoisotopic (exact) mass is 263 g/mol. The third kappa shape index (κ3) is 3.67. The third-order valence-corrected chi connectivity index (χ3v) is 2.56. The zero-order chi connectivity index (χ0) is 12.8. The van der Waals surface area contributed by atoms with Crippen molar-refractivity contribution >= 4 is 11.6 Å². The molecular formula is C13H14ClN3O. The number of hydrogen-bond acceptors (Lipinski definition) is 4. The summed E-state index contributed by atoms with van der Waals surface area (Å²) in [4.78, 5) is 12.5. The smallest absolute Gasteiger partial charge is 0.218 e. The molecule has 4 nitrogen and oxygen atoms in total. The molecule has 0 aromatic carbocycles. The third-order valence-electron chi connectivity index (χ3n) is 2.37. The highest BCUT2D eigenvalue weighted by atomic mass is 35.5. The van der Waals surface area contributed by atoms with E-state index in [0.717, 1.165) is 18.5 Å². The first-order valence-electron chi connectivity index (χ1n) is 5.84. The summed E-state index contributed by atoms with van der Waals surface area (Å²) in [5, 5.41) is 0.412. The van der Waals surface area contributed by atoms with Gasteiger partial charge in [0.1, 0.15) is 11.0 Å². The number of halogens is 1. The molecule has 0 N–H and O–H groups in total. The maximum absolute atomic E-state index is 5.88. The Labute approximate surface area is 111 Å². The molecule has 94 valence electrons. The quantitative estimate of drug-likeness (QED) is 0.778. The molecule has 0 fully saturated rings. The van der Waals surface area contributed by atoms with Crippen LogP contribution in [0.15, 0.2) is 30.5 Å². The van der Waals surface area contributed by atoms with Crippen LogP contribution in [0.4, 0.5) is 0 Å². The molecule has 0 saturated heterocycles. The van der Waals surface area contributed by atoms with Gasteiger partial charge in [0.25, 0.3) is 0 Å². The first-order valence-corrected chi connectivity index (χ1v) is 6.22. The van der Waals surface area contributed by atoms with Gasteiger partial charge < -0.3 is 4.74 Å². The van der Waals surface area contributed by atoms with Gasteiger partial charge in [-0.2, -0.15) is 4.98 Å². The molecule has 0 spiro atoms. The fraction of sp³-hybridized carbons (Fsp3) is 0.308. The maximum Gasteiger partial charge on any atom is 0.218 e. The molecule has 0 aliphatic heterocycles. The number of pyridine rings is 1. The molecule has 0 amide bonds. The Morgan fingerprint density at radius 2 is 2.17 bits per heavy atom. The Bertz CT molecular complexity index is 505. The van der Waals surface area contributed by atoms with Gasteiger partial charge in [0.05, 0.1) is 6.61 Å². The average molecular weight is 264 g/mol. The zero-order valence-corrected chi connectivity index (χ0v) is 10.9. The SMILES string of the molecule is CCc1nc(Cl)cc(OCCc2ccccn2)n1. The maximum atomic E-state index is 5.88. The predicted octanol–water partition coefficient (Wildman–Crippen LogP) is 2.71. The van der Waals surface area contributed by atoms with E-state index in [1.54, 1.807) is 12.3 Å². The van der Waals surface area contributed by atoms with Gasteiger partial charge >= 0.3 is 0 Å². The lowest BCUT2D eigenvalue weighted by molar-refractivity contribution is 0.306. The van der Waals surface area contributed by atoms with Crippen LogP contribution in [0.5, 0.6) is 5.88 Å². The Morgan fingerprint density at radius 1 is 1.28 bits per heavy atom. The Kier molecular flexibility index (Phi) is 4.47. The predicted molar refractivity (Wildman–Crippen MR) is 69.9 cm³/mol. The molecule has 5 heteroatoms. The van der Waals surface area contributed by atoms with Gasteiger partial charge in [0.2, 0.25) is 5.88 Å². The van der Waals surface area contributed by atoms with Gasteiger partial charge in [0, 0.05) is 30.8 Å². The molecule has 2 aromatic rings. The van der Waals surface area contributed by atoms with Gasteiger partial charge in [-0.3, -0.25) is 4.98 Å². The van der Waals surface area contributed by atoms with Crippen LogP contribution in [-0.2, 0) is 12.8 Å². The fourth-order valence-corrected chi connectivity index (χ4v) is 1.67. The summed E-state index contributed by atoms with van der Waals surface area (Å²) in [6.45, 7) is 2.50. The summed E-state index contributed by atoms with van der Waals surface area (Å²) < 4.78 is 5.56. The van der Waals surface area contributed by atoms with E-state index in [2.05, 4.69) is 15.0 Å². The molecule has 0 atom stereocenters. The molecule has 0 saturated carbocycles. The second-order valence-electron chi connectivity index (χ2n) is 3.72. The molecule has 0 bridgehead atoms. The Balaban J connectivity index is 1.92. The molecule has 0 radical (unpaired) electrons. The standard InChI is InChI=1S/C13H14ClN3O/c1-2-12-16-11(14)9-13(17-12)18-8-6-10-5-3-4-7-15-10/h3-5,7,9H,2,6,8H2,1H3. The van der Waals surface area contributed by atoms with Gasteiger partial charge in [-0.1, -0.05) is 24.6 Å². The molecule has 0 aliphatic rings. The van der Waals surface area contributed by atoms with E-state index in [1.807, 2.05) is 25.1 Å². The summed E-state index contributed by atoms with van der Waals surface area (Å²) in [6, 6.07) is 7.44. The second kappa shape index (κ2) is 6.31. The van der Waals surface area contributed by atoms with E-state index < -0.39 is 0 Å². The summed E-state index contributed by atoms with van der Waals surface area (Å²) in [5.41, 5.74) is 0.994. The van der Waals surface area contributed by atoms with E-state index >= 15 is 0 Å². The summed E-state index contributed by atoms with van der Waals surface area (Å²) in [6.07, 6.45) is 3.24. The fourth-order valence-electron chi connectivity index (χ4n) is 1.48. The van der Waals surface area contributed by atoms with Gasteiger partial charge in [-0.15, -0.1) is 0 Å². The van der Waals surface area contributed by atoms with E-state index in [1.165, 1.54) is 0 Å². The second-order valence-corrected chi connectivity index (χ2v) is 4.11. The van der Waals surface area contributed by atoms with Crippen LogP contribution in [0, 0.1) is 0 Å². The highest BCUT2D eigenvalue weighted by Gasteiger charge is 2.03. The Morgan fingerprint density at radius 3 is 2.89 bits per heavy atom. The van der Waals surface area contributed by atoms with Crippen LogP contribution in [0.3, 0.4) is 0 Å². The highest BCUT2D eigenvalue weighted by molar-refractivity contribution is 6.29. The number of aryl methyl sites for hydroxylation is 1. The summed E-state index contributed by atoms with van der Waals surface area (Å²) >= 11 is 5.88. The van der Waals surface area contributed by atoms with Crippen molar-refractivity contribution in [2.24, 2.45) is 0 Å². The van der Waals surface area contributed by atoms with Crippen molar-refractivity contribution in [2.45, 2.75) is 19.8 Å². The molecule has 0 unspecified atom stereocenters. The van der Waals surface area contributed by atoms with Crippen molar-refractivity contribution in [1.82, 2.24) is 15.0 Å². The topological polar surface area (TPSA) is 47.9 Å². The highest BCUT2D eigenvalue weighted by Crippen LogP contribution is 2.14. The minimum absolute atomic E-state index is 0.412. The van der Waals surface area contributed by atoms with E-state index in [-0.39, 0.29) is 0 Å². The minimum Gasteiger partial charge on any atom is -0.477 e. The van der Waals surface area contributed by atoms with E-state index in [0.29, 0.717) is 23.5 Å². The number of aromatic nitrogens is 3. The van der Waals surface area contributed by atoms with E-state index in [9.17, 15) is 0 Å². The van der Waals surface area contributed by atoms with Crippen LogP contribution >= 0.6 is 11.6 Å². The number of hydrogen-bond donors (Lipinski definition) is 0. The number of ether oxygens (including phenoxy) is 1. The first-order chi connectivity index (χ1) is 8.78.